The standard InChI is InChI=1S/C41H22F8N4/c42-31-12-7-13-32(43)36(31)25-14-17-35(30(20-25)39-51-37(23-8-3-1-4-9-23)50-38(52-39)24-10-5-2-6-11-24)53-33-18-15-26(40(44,45)46)21-28(33)29-22-27(41(47,48)49)16-19-34(29)53/h1-22H. The molecule has 0 unspecified atom stereocenters. The van der Waals surface area contributed by atoms with Crippen molar-refractivity contribution in [1.82, 2.24) is 19.5 Å². The Morgan fingerprint density at radius 1 is 0.434 bits per heavy atom. The highest BCUT2D eigenvalue weighted by Crippen LogP contribution is 2.42. The predicted octanol–water partition coefficient (Wildman–Crippen LogP) is 12.0. The molecule has 2 aromatic heterocycles. The Labute approximate surface area is 295 Å². The summed E-state index contributed by atoms with van der Waals surface area (Å²) < 4.78 is 116. The maximum Gasteiger partial charge on any atom is 0.416 e. The van der Waals surface area contributed by atoms with Crippen molar-refractivity contribution < 1.29 is 35.1 Å². The van der Waals surface area contributed by atoms with Crippen LogP contribution >= 0.6 is 0 Å². The minimum Gasteiger partial charge on any atom is -0.309 e. The van der Waals surface area contributed by atoms with Gasteiger partial charge in [-0.2, -0.15) is 26.3 Å². The van der Waals surface area contributed by atoms with Crippen LogP contribution in [0.5, 0.6) is 0 Å². The van der Waals surface area contributed by atoms with Crippen LogP contribution < -0.4 is 0 Å². The van der Waals surface area contributed by atoms with Gasteiger partial charge in [0.2, 0.25) is 0 Å². The second-order valence-corrected chi connectivity index (χ2v) is 12.2. The van der Waals surface area contributed by atoms with Crippen LogP contribution in [0, 0.1) is 11.6 Å². The van der Waals surface area contributed by atoms with Crippen molar-refractivity contribution in [3.63, 3.8) is 0 Å². The Morgan fingerprint density at radius 2 is 0.906 bits per heavy atom. The Balaban J connectivity index is 1.48. The Kier molecular flexibility index (Phi) is 8.05. The molecule has 0 radical (unpaired) electrons. The molecule has 12 heteroatoms. The fraction of sp³-hybridized carbons (Fsp3) is 0.0488. The van der Waals surface area contributed by atoms with Gasteiger partial charge in [-0.3, -0.25) is 0 Å². The Bertz CT molecular complexity index is 2520. The summed E-state index contributed by atoms with van der Waals surface area (Å²) in [4.78, 5) is 14.3. The molecule has 0 amide bonds. The molecular weight excluding hydrogens is 700 g/mol. The van der Waals surface area contributed by atoms with Gasteiger partial charge in [-0.25, -0.2) is 23.7 Å². The number of rotatable bonds is 5. The van der Waals surface area contributed by atoms with Crippen LogP contribution in [-0.2, 0) is 12.4 Å². The van der Waals surface area contributed by atoms with Crippen LogP contribution in [0.25, 0.3) is 72.8 Å². The summed E-state index contributed by atoms with van der Waals surface area (Å²) in [7, 11) is 0. The summed E-state index contributed by atoms with van der Waals surface area (Å²) >= 11 is 0. The molecule has 0 aliphatic carbocycles. The minimum absolute atomic E-state index is 0.0279. The van der Waals surface area contributed by atoms with E-state index in [9.17, 15) is 26.3 Å². The SMILES string of the molecule is Fc1cccc(F)c1-c1ccc(-n2c3ccc(C(F)(F)F)cc3c3cc(C(F)(F)F)ccc32)c(-c2nc(-c3ccccc3)nc(-c3ccccc3)n2)c1. The first-order valence-electron chi connectivity index (χ1n) is 16.1. The van der Waals surface area contributed by atoms with Gasteiger partial charge in [-0.05, 0) is 66.2 Å². The van der Waals surface area contributed by atoms with E-state index in [2.05, 4.69) is 0 Å². The van der Waals surface area contributed by atoms with Crippen molar-refractivity contribution in [3.05, 3.63) is 156 Å². The molecule has 53 heavy (non-hydrogen) atoms. The fourth-order valence-corrected chi connectivity index (χ4v) is 6.40. The molecule has 0 saturated heterocycles. The van der Waals surface area contributed by atoms with Crippen LogP contribution in [0.1, 0.15) is 11.1 Å². The molecule has 2 heterocycles. The zero-order valence-electron chi connectivity index (χ0n) is 27.0. The van der Waals surface area contributed by atoms with Gasteiger partial charge < -0.3 is 4.57 Å². The van der Waals surface area contributed by atoms with E-state index in [1.54, 1.807) is 48.5 Å². The van der Waals surface area contributed by atoms with E-state index >= 15 is 8.78 Å². The zero-order valence-corrected chi connectivity index (χ0v) is 27.0. The first-order valence-corrected chi connectivity index (χ1v) is 16.1. The van der Waals surface area contributed by atoms with Crippen LogP contribution in [0.4, 0.5) is 35.1 Å². The minimum atomic E-state index is -4.78. The molecule has 0 bridgehead atoms. The largest absolute Gasteiger partial charge is 0.416 e. The summed E-state index contributed by atoms with van der Waals surface area (Å²) in [6.07, 6.45) is -9.57. The average molecular weight is 723 g/mol. The molecule has 0 atom stereocenters. The highest BCUT2D eigenvalue weighted by Gasteiger charge is 2.34. The summed E-state index contributed by atoms with van der Waals surface area (Å²) in [6.45, 7) is 0. The van der Waals surface area contributed by atoms with E-state index in [1.165, 1.54) is 41.0 Å². The van der Waals surface area contributed by atoms with Crippen molar-refractivity contribution in [2.45, 2.75) is 12.4 Å². The highest BCUT2D eigenvalue weighted by atomic mass is 19.4. The van der Waals surface area contributed by atoms with Gasteiger partial charge in [-0.15, -0.1) is 0 Å². The molecule has 0 saturated carbocycles. The van der Waals surface area contributed by atoms with Gasteiger partial charge in [0.05, 0.1) is 33.4 Å². The van der Waals surface area contributed by atoms with E-state index in [0.29, 0.717) is 11.1 Å². The number of hydrogen-bond acceptors (Lipinski definition) is 3. The maximum absolute atomic E-state index is 15.2. The number of hydrogen-bond donors (Lipinski definition) is 0. The lowest BCUT2D eigenvalue weighted by Crippen LogP contribution is -2.06. The lowest BCUT2D eigenvalue weighted by molar-refractivity contribution is -0.138. The molecule has 262 valence electrons. The highest BCUT2D eigenvalue weighted by molar-refractivity contribution is 6.10. The van der Waals surface area contributed by atoms with E-state index in [-0.39, 0.29) is 61.7 Å². The first-order chi connectivity index (χ1) is 25.4. The lowest BCUT2D eigenvalue weighted by Gasteiger charge is -2.17. The average Bonchev–Trinajstić information content (AvgIpc) is 3.47. The van der Waals surface area contributed by atoms with E-state index in [1.807, 2.05) is 12.1 Å². The predicted molar refractivity (Wildman–Crippen MR) is 186 cm³/mol. The third kappa shape index (κ3) is 6.15. The van der Waals surface area contributed by atoms with Gasteiger partial charge in [0.1, 0.15) is 11.6 Å². The molecule has 8 aromatic rings. The van der Waals surface area contributed by atoms with Gasteiger partial charge in [0, 0.05) is 27.5 Å². The third-order valence-electron chi connectivity index (χ3n) is 8.85. The lowest BCUT2D eigenvalue weighted by atomic mass is 9.99. The van der Waals surface area contributed by atoms with Crippen LogP contribution in [0.2, 0.25) is 0 Å². The number of halogens is 8. The molecular formula is C41H22F8N4. The number of alkyl halides is 6. The summed E-state index contributed by atoms with van der Waals surface area (Å²) in [5, 5.41) is -0.191. The fourth-order valence-electron chi connectivity index (χ4n) is 6.40. The Hall–Kier alpha value is -6.43. The van der Waals surface area contributed by atoms with E-state index in [4.69, 9.17) is 15.0 Å². The number of nitrogens with zero attached hydrogens (tertiary/aromatic N) is 4. The molecule has 4 nitrogen and oxygen atoms in total. The van der Waals surface area contributed by atoms with Crippen LogP contribution in [0.15, 0.2) is 133 Å². The quantitative estimate of drug-likeness (QED) is 0.166. The van der Waals surface area contributed by atoms with Crippen molar-refractivity contribution in [1.29, 1.82) is 0 Å². The monoisotopic (exact) mass is 722 g/mol. The van der Waals surface area contributed by atoms with Crippen LogP contribution in [0.3, 0.4) is 0 Å². The normalized spacial score (nSPS) is 12.2. The second-order valence-electron chi connectivity index (χ2n) is 12.2. The molecule has 0 aliphatic rings. The molecule has 0 fully saturated rings. The number of benzene rings is 6. The summed E-state index contributed by atoms with van der Waals surface area (Å²) in [5.74, 6) is -1.19. The molecule has 0 aliphatic heterocycles. The number of aromatic nitrogens is 4. The first kappa shape index (κ1) is 33.7. The topological polar surface area (TPSA) is 43.6 Å². The van der Waals surface area contributed by atoms with Gasteiger partial charge in [0.15, 0.2) is 17.5 Å². The van der Waals surface area contributed by atoms with E-state index in [0.717, 1.165) is 36.4 Å². The third-order valence-corrected chi connectivity index (χ3v) is 8.85. The zero-order chi connectivity index (χ0) is 37.1. The van der Waals surface area contributed by atoms with Crippen molar-refractivity contribution >= 4 is 21.8 Å². The maximum atomic E-state index is 15.2. The molecule has 0 N–H and O–H groups in total. The Morgan fingerprint density at radius 3 is 1.38 bits per heavy atom. The van der Waals surface area contributed by atoms with Crippen LogP contribution in [-0.4, -0.2) is 19.5 Å². The molecule has 0 spiro atoms. The second kappa shape index (κ2) is 12.7. The summed E-state index contributed by atoms with van der Waals surface area (Å²) in [5.41, 5.74) is -0.485. The smallest absolute Gasteiger partial charge is 0.309 e. The molecule has 8 rings (SSSR count). The number of fused-ring (bicyclic) bond motifs is 3. The van der Waals surface area contributed by atoms with Crippen molar-refractivity contribution in [2.24, 2.45) is 0 Å². The van der Waals surface area contributed by atoms with E-state index < -0.39 is 35.1 Å². The summed E-state index contributed by atoms with van der Waals surface area (Å²) in [6, 6.07) is 31.3. The van der Waals surface area contributed by atoms with Gasteiger partial charge in [-0.1, -0.05) is 72.8 Å². The van der Waals surface area contributed by atoms with Crippen molar-refractivity contribution in [3.8, 4) is 51.0 Å². The van der Waals surface area contributed by atoms with Gasteiger partial charge >= 0.3 is 12.4 Å². The van der Waals surface area contributed by atoms with Crippen molar-refractivity contribution in [2.75, 3.05) is 0 Å². The molecule has 6 aromatic carbocycles. The van der Waals surface area contributed by atoms with Gasteiger partial charge in [0.25, 0.3) is 0 Å².